The molecule has 3 heteroatoms. The molecule has 3 nitrogen and oxygen atoms in total. The predicted molar refractivity (Wildman–Crippen MR) is 89.3 cm³/mol. The summed E-state index contributed by atoms with van der Waals surface area (Å²) in [6.07, 6.45) is 6.26. The maximum Gasteiger partial charge on any atom is 0.373 e. The van der Waals surface area contributed by atoms with Gasteiger partial charge in [-0.3, -0.25) is 4.89 Å². The lowest BCUT2D eigenvalue weighted by Crippen LogP contribution is -2.12. The highest BCUT2D eigenvalue weighted by atomic mass is 17.2. The van der Waals surface area contributed by atoms with Crippen LogP contribution in [0.4, 0.5) is 0 Å². The molecule has 0 fully saturated rings. The Bertz CT molecular complexity index is 443. The fraction of sp³-hybridized carbons (Fsp3) is 0.579. The number of unbranched alkanes of at least 4 members (excludes halogenated alkanes) is 3. The van der Waals surface area contributed by atoms with E-state index in [1.165, 1.54) is 24.8 Å². The van der Waals surface area contributed by atoms with Crippen LogP contribution >= 0.6 is 0 Å². The first kappa shape index (κ1) is 18.7. The molecule has 0 bridgehead atoms. The molecule has 0 heterocycles. The van der Waals surface area contributed by atoms with Crippen molar-refractivity contribution in [2.24, 2.45) is 0 Å². The largest absolute Gasteiger partial charge is 0.373 e. The maximum absolute atomic E-state index is 11.9. The summed E-state index contributed by atoms with van der Waals surface area (Å²) in [6, 6.07) is 7.47. The Morgan fingerprint density at radius 2 is 1.64 bits per heavy atom. The number of hydrogen-bond donors (Lipinski definition) is 0. The zero-order valence-electron chi connectivity index (χ0n) is 14.6. The smallest absolute Gasteiger partial charge is 0.292 e. The van der Waals surface area contributed by atoms with E-state index in [1.54, 1.807) is 12.1 Å². The molecule has 0 unspecified atom stereocenters. The normalized spacial score (nSPS) is 11.7. The number of rotatable bonds is 8. The summed E-state index contributed by atoms with van der Waals surface area (Å²) in [5.74, 6) is -0.451. The second-order valence-corrected chi connectivity index (χ2v) is 6.79. The number of hydrogen-bond acceptors (Lipinski definition) is 3. The molecule has 0 N–H and O–H groups in total. The Morgan fingerprint density at radius 1 is 1.00 bits per heavy atom. The minimum atomic E-state index is -0.451. The highest BCUT2D eigenvalue weighted by Gasteiger charge is 2.16. The second kappa shape index (κ2) is 8.94. The summed E-state index contributed by atoms with van der Waals surface area (Å²) in [5.41, 5.74) is 1.76. The Kier molecular flexibility index (Phi) is 7.60. The molecule has 0 amide bonds. The van der Waals surface area contributed by atoms with Crippen LogP contribution < -0.4 is 0 Å². The molecule has 1 aromatic carbocycles. The number of carbonyl (C=O) groups excluding carboxylic acids is 1. The van der Waals surface area contributed by atoms with Crippen molar-refractivity contribution in [1.29, 1.82) is 0 Å². The standard InChI is InChI=1S/C19H29O3/c1-6-7-8-9-10-15(2)21-22-18(20)16-11-13-17(14-12-16)19(3,4)5/h11-14H,6-10H2,1-5H3. The first-order valence-electron chi connectivity index (χ1n) is 8.16. The summed E-state index contributed by atoms with van der Waals surface area (Å²) < 4.78 is 0. The molecule has 0 aliphatic rings. The van der Waals surface area contributed by atoms with Crippen molar-refractivity contribution in [2.75, 3.05) is 0 Å². The van der Waals surface area contributed by atoms with Crippen molar-refractivity contribution in [3.8, 4) is 0 Å². The first-order valence-corrected chi connectivity index (χ1v) is 8.16. The van der Waals surface area contributed by atoms with Crippen LogP contribution in [-0.2, 0) is 15.2 Å². The Hall–Kier alpha value is -1.35. The fourth-order valence-electron chi connectivity index (χ4n) is 2.11. The first-order chi connectivity index (χ1) is 10.3. The monoisotopic (exact) mass is 305 g/mol. The van der Waals surface area contributed by atoms with E-state index in [1.807, 2.05) is 19.1 Å². The third-order valence-electron chi connectivity index (χ3n) is 3.63. The van der Waals surface area contributed by atoms with E-state index in [0.717, 1.165) is 18.9 Å². The third kappa shape index (κ3) is 6.61. The van der Waals surface area contributed by atoms with Crippen LogP contribution in [0.3, 0.4) is 0 Å². The van der Waals surface area contributed by atoms with Gasteiger partial charge in [-0.05, 0) is 36.5 Å². The Morgan fingerprint density at radius 3 is 2.18 bits per heavy atom. The van der Waals surface area contributed by atoms with Crippen molar-refractivity contribution in [1.82, 2.24) is 0 Å². The van der Waals surface area contributed by atoms with E-state index in [9.17, 15) is 4.79 Å². The van der Waals surface area contributed by atoms with Gasteiger partial charge in [-0.15, -0.1) is 0 Å². The topological polar surface area (TPSA) is 35.5 Å². The zero-order valence-corrected chi connectivity index (χ0v) is 14.6. The van der Waals surface area contributed by atoms with Crippen molar-refractivity contribution in [2.45, 2.75) is 72.1 Å². The Balaban J connectivity index is 2.39. The maximum atomic E-state index is 11.9. The van der Waals surface area contributed by atoms with E-state index >= 15 is 0 Å². The van der Waals surface area contributed by atoms with Gasteiger partial charge in [0, 0.05) is 0 Å². The van der Waals surface area contributed by atoms with Gasteiger partial charge in [0.2, 0.25) is 0 Å². The van der Waals surface area contributed by atoms with Crippen LogP contribution in [0.15, 0.2) is 24.3 Å². The molecule has 0 aromatic heterocycles. The number of benzene rings is 1. The van der Waals surface area contributed by atoms with Crippen LogP contribution in [0.5, 0.6) is 0 Å². The minimum absolute atomic E-state index is 0.0712. The van der Waals surface area contributed by atoms with Crippen LogP contribution in [0.1, 0.15) is 82.6 Å². The van der Waals surface area contributed by atoms with Gasteiger partial charge >= 0.3 is 5.97 Å². The average Bonchev–Trinajstić information content (AvgIpc) is 2.48. The highest BCUT2D eigenvalue weighted by Crippen LogP contribution is 2.22. The van der Waals surface area contributed by atoms with Crippen LogP contribution in [0.2, 0.25) is 0 Å². The SMILES string of the molecule is CCCCCC[C](C)OOC(=O)c1ccc(C(C)(C)C)cc1. The molecular formula is C19H29O3. The molecule has 123 valence electrons. The summed E-state index contributed by atoms with van der Waals surface area (Å²) in [5, 5.41) is 0. The van der Waals surface area contributed by atoms with Crippen molar-refractivity contribution in [3.63, 3.8) is 0 Å². The van der Waals surface area contributed by atoms with Crippen molar-refractivity contribution < 1.29 is 14.6 Å². The van der Waals surface area contributed by atoms with Gasteiger partial charge in [0.1, 0.15) is 6.10 Å². The molecule has 0 atom stereocenters. The molecule has 0 saturated heterocycles. The molecule has 1 radical (unpaired) electrons. The van der Waals surface area contributed by atoms with Crippen molar-refractivity contribution >= 4 is 5.97 Å². The molecule has 1 aromatic rings. The lowest BCUT2D eigenvalue weighted by atomic mass is 9.87. The van der Waals surface area contributed by atoms with Gasteiger partial charge in [-0.25, -0.2) is 4.79 Å². The van der Waals surface area contributed by atoms with Gasteiger partial charge in [0.15, 0.2) is 0 Å². The summed E-state index contributed by atoms with van der Waals surface area (Å²) in [4.78, 5) is 21.9. The minimum Gasteiger partial charge on any atom is -0.292 e. The molecule has 22 heavy (non-hydrogen) atoms. The summed E-state index contributed by atoms with van der Waals surface area (Å²) in [6.45, 7) is 10.4. The molecule has 1 rings (SSSR count). The zero-order chi connectivity index (χ0) is 16.6. The van der Waals surface area contributed by atoms with E-state index in [-0.39, 0.29) is 5.41 Å². The quantitative estimate of drug-likeness (QED) is 0.356. The highest BCUT2D eigenvalue weighted by molar-refractivity contribution is 5.89. The summed E-state index contributed by atoms with van der Waals surface area (Å²) >= 11 is 0. The Labute approximate surface area is 134 Å². The lowest BCUT2D eigenvalue weighted by molar-refractivity contribution is -0.233. The van der Waals surface area contributed by atoms with E-state index in [0.29, 0.717) is 5.56 Å². The lowest BCUT2D eigenvalue weighted by Gasteiger charge is -2.18. The van der Waals surface area contributed by atoms with Gasteiger partial charge in [-0.1, -0.05) is 65.5 Å². The van der Waals surface area contributed by atoms with Crippen LogP contribution in [0.25, 0.3) is 0 Å². The fourth-order valence-corrected chi connectivity index (χ4v) is 2.11. The molecule has 0 aliphatic heterocycles. The van der Waals surface area contributed by atoms with Crippen molar-refractivity contribution in [3.05, 3.63) is 41.5 Å². The van der Waals surface area contributed by atoms with Crippen LogP contribution in [-0.4, -0.2) is 5.97 Å². The molecule has 0 spiro atoms. The van der Waals surface area contributed by atoms with E-state index < -0.39 is 5.97 Å². The molecule has 0 saturated carbocycles. The summed E-state index contributed by atoms with van der Waals surface area (Å²) in [7, 11) is 0. The van der Waals surface area contributed by atoms with Gasteiger partial charge in [0.25, 0.3) is 0 Å². The molecular weight excluding hydrogens is 276 g/mol. The van der Waals surface area contributed by atoms with Gasteiger partial charge < -0.3 is 0 Å². The van der Waals surface area contributed by atoms with E-state index in [4.69, 9.17) is 9.78 Å². The molecule has 0 aliphatic carbocycles. The average molecular weight is 305 g/mol. The number of carbonyl (C=O) groups is 1. The van der Waals surface area contributed by atoms with Gasteiger partial charge in [-0.2, -0.15) is 4.89 Å². The van der Waals surface area contributed by atoms with Gasteiger partial charge in [0.05, 0.1) is 5.56 Å². The van der Waals surface area contributed by atoms with E-state index in [2.05, 4.69) is 27.7 Å². The third-order valence-corrected chi connectivity index (χ3v) is 3.63. The second-order valence-electron chi connectivity index (χ2n) is 6.79. The predicted octanol–water partition coefficient (Wildman–Crippen LogP) is 5.59. The van der Waals surface area contributed by atoms with Crippen LogP contribution in [0, 0.1) is 6.10 Å².